The largest absolute Gasteiger partial charge is 0.382 e. The second-order valence-electron chi connectivity index (χ2n) is 4.71. The van der Waals surface area contributed by atoms with E-state index in [-0.39, 0.29) is 17.8 Å². The van der Waals surface area contributed by atoms with Gasteiger partial charge in [0.1, 0.15) is 5.82 Å². The zero-order valence-corrected chi connectivity index (χ0v) is 9.93. The molecule has 0 bridgehead atoms. The smallest absolute Gasteiger partial charge is 0.274 e. The molecule has 1 aliphatic carbocycles. The molecule has 3 N–H and O–H groups in total. The van der Waals surface area contributed by atoms with Crippen molar-refractivity contribution in [2.75, 3.05) is 5.32 Å². The number of nitrogens with two attached hydrogens (primary N) is 1. The molecule has 5 nitrogen and oxygen atoms in total. The van der Waals surface area contributed by atoms with Crippen LogP contribution in [0.2, 0.25) is 0 Å². The van der Waals surface area contributed by atoms with Gasteiger partial charge in [-0.3, -0.25) is 10.1 Å². The highest BCUT2D eigenvalue weighted by atomic mass is 19.1. The first-order chi connectivity index (χ1) is 8.54. The third-order valence-corrected chi connectivity index (χ3v) is 3.24. The number of halogens is 1. The fourth-order valence-electron chi connectivity index (χ4n) is 2.26. The predicted octanol–water partition coefficient (Wildman–Crippen LogP) is 2.42. The summed E-state index contributed by atoms with van der Waals surface area (Å²) in [4.78, 5) is 10.0. The minimum absolute atomic E-state index is 0.214. The van der Waals surface area contributed by atoms with Crippen molar-refractivity contribution in [1.29, 1.82) is 0 Å². The van der Waals surface area contributed by atoms with Gasteiger partial charge in [0.15, 0.2) is 0 Å². The van der Waals surface area contributed by atoms with Crippen molar-refractivity contribution in [2.45, 2.75) is 37.8 Å². The highest BCUT2D eigenvalue weighted by Crippen LogP contribution is 2.24. The lowest BCUT2D eigenvalue weighted by atomic mass is 9.91. The number of rotatable bonds is 3. The van der Waals surface area contributed by atoms with Crippen LogP contribution in [0, 0.1) is 15.9 Å². The Balaban J connectivity index is 2.07. The Morgan fingerprint density at radius 2 is 1.94 bits per heavy atom. The number of nitrogens with one attached hydrogen (secondary N) is 1. The maximum absolute atomic E-state index is 13.2. The number of nitro benzene ring substituents is 1. The lowest BCUT2D eigenvalue weighted by Crippen LogP contribution is -2.32. The zero-order valence-electron chi connectivity index (χ0n) is 9.93. The molecule has 2 rings (SSSR count). The predicted molar refractivity (Wildman–Crippen MR) is 66.9 cm³/mol. The average molecular weight is 253 g/mol. The van der Waals surface area contributed by atoms with E-state index in [0.29, 0.717) is 5.69 Å². The molecule has 0 saturated heterocycles. The van der Waals surface area contributed by atoms with E-state index in [9.17, 15) is 14.5 Å². The van der Waals surface area contributed by atoms with E-state index in [2.05, 4.69) is 5.32 Å². The summed E-state index contributed by atoms with van der Waals surface area (Å²) in [5.74, 6) is -0.598. The van der Waals surface area contributed by atoms with Crippen molar-refractivity contribution in [3.8, 4) is 0 Å². The van der Waals surface area contributed by atoms with Gasteiger partial charge in [-0.05, 0) is 31.7 Å². The van der Waals surface area contributed by atoms with Gasteiger partial charge in [0.25, 0.3) is 5.69 Å². The van der Waals surface area contributed by atoms with Crippen LogP contribution in [0.25, 0.3) is 0 Å². The van der Waals surface area contributed by atoms with Gasteiger partial charge in [-0.1, -0.05) is 0 Å². The molecule has 0 aliphatic heterocycles. The Kier molecular flexibility index (Phi) is 3.76. The van der Waals surface area contributed by atoms with Crippen LogP contribution in [0.5, 0.6) is 0 Å². The Labute approximate surface area is 104 Å². The molecule has 0 unspecified atom stereocenters. The molecular formula is C12H16FN3O2. The Morgan fingerprint density at radius 1 is 1.28 bits per heavy atom. The number of anilines is 1. The van der Waals surface area contributed by atoms with Gasteiger partial charge in [-0.2, -0.15) is 0 Å². The SMILES string of the molecule is NC1CCC(Nc2cc(F)cc([N+](=O)[O-])c2)CC1. The van der Waals surface area contributed by atoms with Crippen molar-refractivity contribution >= 4 is 11.4 Å². The molecule has 1 fully saturated rings. The monoisotopic (exact) mass is 253 g/mol. The molecule has 0 radical (unpaired) electrons. The summed E-state index contributed by atoms with van der Waals surface area (Å²) in [6.07, 6.45) is 3.67. The van der Waals surface area contributed by atoms with E-state index < -0.39 is 10.7 Å². The summed E-state index contributed by atoms with van der Waals surface area (Å²) in [6.45, 7) is 0. The molecule has 0 heterocycles. The summed E-state index contributed by atoms with van der Waals surface area (Å²) < 4.78 is 13.2. The molecule has 0 amide bonds. The van der Waals surface area contributed by atoms with E-state index in [1.807, 2.05) is 0 Å². The zero-order chi connectivity index (χ0) is 13.1. The van der Waals surface area contributed by atoms with E-state index in [1.54, 1.807) is 0 Å². The Bertz CT molecular complexity index is 445. The molecule has 1 aromatic rings. The minimum Gasteiger partial charge on any atom is -0.382 e. The number of nitrogens with zero attached hydrogens (tertiary/aromatic N) is 1. The third-order valence-electron chi connectivity index (χ3n) is 3.24. The van der Waals surface area contributed by atoms with Gasteiger partial charge >= 0.3 is 0 Å². The van der Waals surface area contributed by atoms with Crippen LogP contribution < -0.4 is 11.1 Å². The van der Waals surface area contributed by atoms with E-state index in [1.165, 1.54) is 12.1 Å². The topological polar surface area (TPSA) is 81.2 Å². The fraction of sp³-hybridized carbons (Fsp3) is 0.500. The molecule has 6 heteroatoms. The minimum atomic E-state index is -0.598. The van der Waals surface area contributed by atoms with Crippen molar-refractivity contribution in [1.82, 2.24) is 0 Å². The van der Waals surface area contributed by atoms with Gasteiger partial charge in [-0.25, -0.2) is 4.39 Å². The van der Waals surface area contributed by atoms with Gasteiger partial charge in [0.2, 0.25) is 0 Å². The first-order valence-corrected chi connectivity index (χ1v) is 6.01. The molecule has 0 atom stereocenters. The summed E-state index contributed by atoms with van der Waals surface area (Å²) in [6, 6.07) is 4.01. The molecule has 1 saturated carbocycles. The number of hydrogen-bond acceptors (Lipinski definition) is 4. The highest BCUT2D eigenvalue weighted by Gasteiger charge is 2.19. The Morgan fingerprint density at radius 3 is 2.56 bits per heavy atom. The quantitative estimate of drug-likeness (QED) is 0.640. The molecular weight excluding hydrogens is 237 g/mol. The second-order valence-corrected chi connectivity index (χ2v) is 4.71. The fourth-order valence-corrected chi connectivity index (χ4v) is 2.26. The number of benzene rings is 1. The van der Waals surface area contributed by atoms with Crippen LogP contribution in [-0.2, 0) is 0 Å². The molecule has 0 spiro atoms. The Hall–Kier alpha value is -1.69. The molecule has 98 valence electrons. The molecule has 1 aromatic carbocycles. The molecule has 18 heavy (non-hydrogen) atoms. The molecule has 0 aromatic heterocycles. The van der Waals surface area contributed by atoms with Crippen LogP contribution in [0.15, 0.2) is 18.2 Å². The third kappa shape index (κ3) is 3.16. The highest BCUT2D eigenvalue weighted by molar-refractivity contribution is 5.52. The normalized spacial score (nSPS) is 23.7. The van der Waals surface area contributed by atoms with Crippen LogP contribution in [0.1, 0.15) is 25.7 Å². The average Bonchev–Trinajstić information content (AvgIpc) is 2.31. The number of non-ortho nitro benzene ring substituents is 1. The lowest BCUT2D eigenvalue weighted by molar-refractivity contribution is -0.385. The maximum atomic E-state index is 13.2. The van der Waals surface area contributed by atoms with Crippen molar-refractivity contribution in [3.63, 3.8) is 0 Å². The van der Waals surface area contributed by atoms with Crippen molar-refractivity contribution in [2.24, 2.45) is 5.73 Å². The standard InChI is InChI=1S/C12H16FN3O2/c13-8-5-11(7-12(6-8)16(17)18)15-10-3-1-9(14)2-4-10/h5-7,9-10,15H,1-4,14H2. The summed E-state index contributed by atoms with van der Waals surface area (Å²) >= 11 is 0. The van der Waals surface area contributed by atoms with Gasteiger partial charge < -0.3 is 11.1 Å². The van der Waals surface area contributed by atoms with E-state index >= 15 is 0 Å². The summed E-state index contributed by atoms with van der Waals surface area (Å²) in [7, 11) is 0. The second kappa shape index (κ2) is 5.30. The van der Waals surface area contributed by atoms with Gasteiger partial charge in [0.05, 0.1) is 11.0 Å². The van der Waals surface area contributed by atoms with Crippen molar-refractivity contribution in [3.05, 3.63) is 34.1 Å². The van der Waals surface area contributed by atoms with Crippen LogP contribution in [0.4, 0.5) is 15.8 Å². The van der Waals surface area contributed by atoms with Crippen LogP contribution >= 0.6 is 0 Å². The summed E-state index contributed by atoms with van der Waals surface area (Å²) in [5.41, 5.74) is 6.03. The van der Waals surface area contributed by atoms with Crippen LogP contribution in [-0.4, -0.2) is 17.0 Å². The van der Waals surface area contributed by atoms with Gasteiger partial charge in [-0.15, -0.1) is 0 Å². The first-order valence-electron chi connectivity index (χ1n) is 6.01. The molecule has 1 aliphatic rings. The first kappa shape index (κ1) is 12.8. The lowest BCUT2D eigenvalue weighted by Gasteiger charge is -2.27. The van der Waals surface area contributed by atoms with Gasteiger partial charge in [0, 0.05) is 23.8 Å². The van der Waals surface area contributed by atoms with Crippen LogP contribution in [0.3, 0.4) is 0 Å². The summed E-state index contributed by atoms with van der Waals surface area (Å²) in [5, 5.41) is 13.8. The van der Waals surface area contributed by atoms with Crippen molar-refractivity contribution < 1.29 is 9.31 Å². The number of hydrogen-bond donors (Lipinski definition) is 2. The van der Waals surface area contributed by atoms with E-state index in [4.69, 9.17) is 5.73 Å². The number of nitro groups is 1. The maximum Gasteiger partial charge on any atom is 0.274 e. The van der Waals surface area contributed by atoms with E-state index in [0.717, 1.165) is 31.7 Å².